The number of amides is 4. The zero-order valence-corrected chi connectivity index (χ0v) is 24.6. The maximum Gasteiger partial charge on any atom is 0.586 e. The van der Waals surface area contributed by atoms with Gasteiger partial charge in [0, 0.05) is 24.1 Å². The quantitative estimate of drug-likeness (QED) is 0.278. The van der Waals surface area contributed by atoms with E-state index in [1.165, 1.54) is 12.1 Å². The van der Waals surface area contributed by atoms with Gasteiger partial charge in [-0.3, -0.25) is 24.0 Å². The molecule has 4 amide bonds. The first-order valence-electron chi connectivity index (χ1n) is 15.7. The molecule has 0 radical (unpaired) electrons. The summed E-state index contributed by atoms with van der Waals surface area (Å²) in [5.74, 6) is -4.16. The predicted molar refractivity (Wildman–Crippen MR) is 153 cm³/mol. The number of fused-ring (bicyclic) bond motifs is 1. The number of alkyl halides is 2. The number of rotatable bonds is 11. The zero-order valence-electron chi connectivity index (χ0n) is 24.6. The Balaban J connectivity index is 1.32. The van der Waals surface area contributed by atoms with Crippen LogP contribution in [0.2, 0.25) is 0 Å². The first-order chi connectivity index (χ1) is 21.1. The fourth-order valence-electron chi connectivity index (χ4n) is 6.64. The van der Waals surface area contributed by atoms with Crippen LogP contribution in [0.4, 0.5) is 8.78 Å². The number of hydrogen-bond donors (Lipinski definition) is 4. The smallest absolute Gasteiger partial charge is 0.395 e. The minimum Gasteiger partial charge on any atom is -0.395 e. The van der Waals surface area contributed by atoms with Gasteiger partial charge < -0.3 is 30.7 Å². The van der Waals surface area contributed by atoms with E-state index in [1.807, 2.05) is 0 Å². The fraction of sp³-hybridized carbons (Fsp3) is 0.645. The Morgan fingerprint density at radius 1 is 0.864 bits per heavy atom. The molecule has 5 rings (SSSR count). The maximum atomic E-state index is 13.8. The van der Waals surface area contributed by atoms with Crippen molar-refractivity contribution >= 4 is 29.4 Å². The first-order valence-corrected chi connectivity index (χ1v) is 15.7. The molecular weight excluding hydrogens is 578 g/mol. The highest BCUT2D eigenvalue weighted by atomic mass is 19.3. The van der Waals surface area contributed by atoms with Crippen molar-refractivity contribution in [3.63, 3.8) is 0 Å². The molecule has 0 spiro atoms. The molecule has 13 heteroatoms. The van der Waals surface area contributed by atoms with Crippen molar-refractivity contribution in [1.82, 2.24) is 21.3 Å². The molecule has 3 atom stereocenters. The summed E-state index contributed by atoms with van der Waals surface area (Å²) in [6.07, 6.45) is 6.18. The highest BCUT2D eigenvalue weighted by molar-refractivity contribution is 6.38. The molecule has 1 aromatic rings. The van der Waals surface area contributed by atoms with Gasteiger partial charge in [0.1, 0.15) is 6.04 Å². The summed E-state index contributed by atoms with van der Waals surface area (Å²) in [4.78, 5) is 65.9. The number of carbonyl (C=O) groups excluding carboxylic acids is 5. The van der Waals surface area contributed by atoms with Crippen molar-refractivity contribution < 1.29 is 42.2 Å². The summed E-state index contributed by atoms with van der Waals surface area (Å²) >= 11 is 0. The van der Waals surface area contributed by atoms with Gasteiger partial charge in [0.2, 0.25) is 17.6 Å². The zero-order chi connectivity index (χ0) is 31.3. The summed E-state index contributed by atoms with van der Waals surface area (Å²) in [5, 5.41) is 10.9. The standard InChI is InChI=1S/C31H40F2N4O7/c32-31(33)43-24-12-11-19(17-25(24)44-31)28(40)37-23(15-18-7-3-1-4-8-18)29(41)36-22(16-20-13-14-34-27(20)39)26(38)30(42)35-21-9-5-2-6-10-21/h11-12,17-18,20-23H,1-10,13-16H2,(H,34,39)(H,35,42)(H,36,41)(H,37,40)/t20-,22-,23-/m0/s1. The van der Waals surface area contributed by atoms with Crippen molar-refractivity contribution in [1.29, 1.82) is 0 Å². The van der Waals surface area contributed by atoms with Crippen molar-refractivity contribution in [2.24, 2.45) is 11.8 Å². The van der Waals surface area contributed by atoms with Gasteiger partial charge in [-0.15, -0.1) is 8.78 Å². The molecule has 0 unspecified atom stereocenters. The molecule has 2 saturated carbocycles. The van der Waals surface area contributed by atoms with Gasteiger partial charge in [0.15, 0.2) is 11.5 Å². The normalized spacial score (nSPS) is 22.9. The SMILES string of the molecule is O=C(NC1CCCCC1)C(=O)[C@H](C[C@@H]1CCNC1=O)NC(=O)[C@H](CC1CCCCC1)NC(=O)c1ccc2c(c1)OC(F)(F)O2. The van der Waals surface area contributed by atoms with E-state index in [0.717, 1.165) is 70.3 Å². The van der Waals surface area contributed by atoms with Crippen LogP contribution in [-0.2, 0) is 19.2 Å². The number of carbonyl (C=O) groups is 5. The van der Waals surface area contributed by atoms with Gasteiger partial charge in [-0.05, 0) is 56.2 Å². The van der Waals surface area contributed by atoms with Crippen LogP contribution in [0.15, 0.2) is 18.2 Å². The lowest BCUT2D eigenvalue weighted by molar-refractivity contribution is -0.286. The number of hydrogen-bond acceptors (Lipinski definition) is 7. The summed E-state index contributed by atoms with van der Waals surface area (Å²) in [7, 11) is 0. The number of Topliss-reactive ketones (excluding diaryl/α,β-unsaturated/α-hetero) is 1. The second-order valence-corrected chi connectivity index (χ2v) is 12.3. The molecule has 0 aromatic heterocycles. The average Bonchev–Trinajstić information content (AvgIpc) is 3.56. The van der Waals surface area contributed by atoms with E-state index in [1.54, 1.807) is 0 Å². The largest absolute Gasteiger partial charge is 0.586 e. The van der Waals surface area contributed by atoms with E-state index >= 15 is 0 Å². The molecular formula is C31H40F2N4O7. The van der Waals surface area contributed by atoms with Crippen LogP contribution < -0.4 is 30.7 Å². The number of benzene rings is 1. The molecule has 2 heterocycles. The van der Waals surface area contributed by atoms with Crippen LogP contribution in [0.5, 0.6) is 11.5 Å². The average molecular weight is 619 g/mol. The highest BCUT2D eigenvalue weighted by Gasteiger charge is 2.44. The van der Waals surface area contributed by atoms with Gasteiger partial charge in [-0.25, -0.2) is 0 Å². The van der Waals surface area contributed by atoms with Gasteiger partial charge >= 0.3 is 6.29 Å². The molecule has 1 aromatic carbocycles. The van der Waals surface area contributed by atoms with Crippen LogP contribution >= 0.6 is 0 Å². The molecule has 44 heavy (non-hydrogen) atoms. The van der Waals surface area contributed by atoms with Crippen LogP contribution in [0, 0.1) is 11.8 Å². The second-order valence-electron chi connectivity index (χ2n) is 12.3. The third-order valence-corrected chi connectivity index (χ3v) is 9.06. The second kappa shape index (κ2) is 13.9. The lowest BCUT2D eigenvalue weighted by Crippen LogP contribution is -2.55. The van der Waals surface area contributed by atoms with Gasteiger partial charge in [-0.1, -0.05) is 51.4 Å². The Labute approximate surface area is 254 Å². The van der Waals surface area contributed by atoms with Crippen LogP contribution in [0.25, 0.3) is 0 Å². The molecule has 2 aliphatic carbocycles. The molecule has 0 bridgehead atoms. The third kappa shape index (κ3) is 8.03. The predicted octanol–water partition coefficient (Wildman–Crippen LogP) is 3.11. The van der Waals surface area contributed by atoms with E-state index in [0.29, 0.717) is 19.4 Å². The first kappa shape index (κ1) is 31.6. The topological polar surface area (TPSA) is 152 Å². The van der Waals surface area contributed by atoms with Crippen molar-refractivity contribution in [2.75, 3.05) is 6.54 Å². The third-order valence-electron chi connectivity index (χ3n) is 9.06. The summed E-state index contributed by atoms with van der Waals surface area (Å²) < 4.78 is 35.9. The Morgan fingerprint density at radius 2 is 1.55 bits per heavy atom. The van der Waals surface area contributed by atoms with Crippen molar-refractivity contribution in [3.05, 3.63) is 23.8 Å². The van der Waals surface area contributed by atoms with E-state index in [9.17, 15) is 32.8 Å². The van der Waals surface area contributed by atoms with Crippen molar-refractivity contribution in [2.45, 2.75) is 108 Å². The Morgan fingerprint density at radius 3 is 2.23 bits per heavy atom. The van der Waals surface area contributed by atoms with E-state index in [2.05, 4.69) is 30.7 Å². The van der Waals surface area contributed by atoms with Gasteiger partial charge in [0.25, 0.3) is 11.8 Å². The number of halogens is 2. The highest BCUT2D eigenvalue weighted by Crippen LogP contribution is 2.41. The van der Waals surface area contributed by atoms with Crippen LogP contribution in [0.1, 0.15) is 93.8 Å². The van der Waals surface area contributed by atoms with Crippen LogP contribution in [-0.4, -0.2) is 60.4 Å². The summed E-state index contributed by atoms with van der Waals surface area (Å²) in [6.45, 7) is 0.439. The molecule has 1 saturated heterocycles. The van der Waals surface area contributed by atoms with Gasteiger partial charge in [0.05, 0.1) is 6.04 Å². The Bertz CT molecular complexity index is 1260. The minimum atomic E-state index is -3.85. The van der Waals surface area contributed by atoms with E-state index < -0.39 is 47.8 Å². The van der Waals surface area contributed by atoms with Gasteiger partial charge in [-0.2, -0.15) is 0 Å². The fourth-order valence-corrected chi connectivity index (χ4v) is 6.64. The molecule has 4 N–H and O–H groups in total. The van der Waals surface area contributed by atoms with Crippen LogP contribution in [0.3, 0.4) is 0 Å². The van der Waals surface area contributed by atoms with E-state index in [4.69, 9.17) is 0 Å². The lowest BCUT2D eigenvalue weighted by atomic mass is 9.84. The minimum absolute atomic E-state index is 0.0198. The van der Waals surface area contributed by atoms with Crippen molar-refractivity contribution in [3.8, 4) is 11.5 Å². The Hall–Kier alpha value is -3.77. The van der Waals surface area contributed by atoms with E-state index in [-0.39, 0.29) is 41.4 Å². The number of nitrogens with one attached hydrogen (secondary N) is 4. The summed E-state index contributed by atoms with van der Waals surface area (Å²) in [6, 6.07) is 1.13. The number of ether oxygens (including phenoxy) is 2. The Kier molecular flexibility index (Phi) is 10.00. The monoisotopic (exact) mass is 618 g/mol. The lowest BCUT2D eigenvalue weighted by Gasteiger charge is -2.29. The molecule has 2 aliphatic heterocycles. The number of ketones is 1. The molecule has 240 valence electrons. The maximum absolute atomic E-state index is 13.8. The summed E-state index contributed by atoms with van der Waals surface area (Å²) in [5.41, 5.74) is -0.0198. The molecule has 3 fully saturated rings. The molecule has 11 nitrogen and oxygen atoms in total. The molecule has 4 aliphatic rings.